The average molecular weight is 1030 g/mol. The Bertz CT molecular complexity index is 1100. The molecule has 0 saturated carbocycles. The number of ether oxygens (including phenoxy) is 1. The summed E-state index contributed by atoms with van der Waals surface area (Å²) >= 11 is 0. The quantitative estimate of drug-likeness (QED) is 0.0320. The molecule has 1 amide bonds. The van der Waals surface area contributed by atoms with Gasteiger partial charge in [0.2, 0.25) is 5.91 Å². The van der Waals surface area contributed by atoms with Crippen molar-refractivity contribution in [2.24, 2.45) is 0 Å². The summed E-state index contributed by atoms with van der Waals surface area (Å²) in [6, 6.07) is -0.536. The molecule has 3 N–H and O–H groups in total. The van der Waals surface area contributed by atoms with Crippen LogP contribution in [0.1, 0.15) is 380 Å². The number of aliphatic hydroxyl groups is 2. The number of carbonyl (C=O) groups excluding carboxylic acids is 2. The van der Waals surface area contributed by atoms with Gasteiger partial charge in [-0.2, -0.15) is 0 Å². The Hall–Kier alpha value is -1.40. The van der Waals surface area contributed by atoms with Crippen LogP contribution in [0.3, 0.4) is 0 Å². The van der Waals surface area contributed by atoms with E-state index in [9.17, 15) is 19.8 Å². The molecule has 0 radical (unpaired) electrons. The summed E-state index contributed by atoms with van der Waals surface area (Å²) in [7, 11) is 0. The molecule has 2 atom stereocenters. The van der Waals surface area contributed by atoms with Crippen molar-refractivity contribution < 1.29 is 24.5 Å². The first-order valence-electron chi connectivity index (χ1n) is 33.4. The highest BCUT2D eigenvalue weighted by Gasteiger charge is 2.20. The molecule has 0 spiro atoms. The molecule has 0 aliphatic rings. The molecule has 6 nitrogen and oxygen atoms in total. The maximum atomic E-state index is 12.5. The van der Waals surface area contributed by atoms with Gasteiger partial charge in [0.15, 0.2) is 0 Å². The van der Waals surface area contributed by atoms with Gasteiger partial charge in [-0.25, -0.2) is 0 Å². The number of allylic oxidation sites excluding steroid dienone is 2. The SMILES string of the molecule is CCCCCCCCC/C=C\CCCCCCCC(=O)OCCCCCCCCCCCCCCCCCCCCCCCCCCCCCCCC(=O)NC(CO)C(O)CCCCCCCCCCCCC. The number of amides is 1. The highest BCUT2D eigenvalue weighted by Crippen LogP contribution is 2.19. The summed E-state index contributed by atoms with van der Waals surface area (Å²) in [6.45, 7) is 4.97. The standard InChI is InChI=1S/C67H131NO5/c1-3-5-7-9-11-13-15-16-17-34-37-41-45-49-53-57-61-67(72)73-62-58-54-50-46-42-38-35-32-30-28-26-24-22-20-18-19-21-23-25-27-29-31-33-36-40-44-48-52-56-60-66(71)68-64(63-69)65(70)59-55-51-47-43-39-14-12-10-8-6-4-2/h17,34,64-65,69-70H,3-16,18-33,35-63H2,1-2H3,(H,68,71)/b34-17-. The van der Waals surface area contributed by atoms with E-state index in [1.165, 1.54) is 302 Å². The summed E-state index contributed by atoms with van der Waals surface area (Å²) in [5.41, 5.74) is 0. The highest BCUT2D eigenvalue weighted by molar-refractivity contribution is 5.76. The van der Waals surface area contributed by atoms with Crippen LogP contribution in [0.5, 0.6) is 0 Å². The molecule has 0 saturated heterocycles. The Kier molecular flexibility index (Phi) is 61.9. The maximum absolute atomic E-state index is 12.5. The van der Waals surface area contributed by atoms with Gasteiger partial charge in [-0.1, -0.05) is 328 Å². The topological polar surface area (TPSA) is 95.9 Å². The third-order valence-electron chi connectivity index (χ3n) is 15.8. The van der Waals surface area contributed by atoms with E-state index in [1.807, 2.05) is 0 Å². The van der Waals surface area contributed by atoms with Crippen molar-refractivity contribution in [3.63, 3.8) is 0 Å². The number of carbonyl (C=O) groups is 2. The van der Waals surface area contributed by atoms with Crippen molar-refractivity contribution in [1.82, 2.24) is 5.32 Å². The molecule has 0 aromatic rings. The van der Waals surface area contributed by atoms with Gasteiger partial charge in [-0.05, 0) is 51.4 Å². The number of rotatable bonds is 63. The molecular weight excluding hydrogens is 899 g/mol. The molecule has 0 bridgehead atoms. The zero-order valence-corrected chi connectivity index (χ0v) is 49.6. The van der Waals surface area contributed by atoms with E-state index in [4.69, 9.17) is 4.74 Å². The predicted octanol–water partition coefficient (Wildman–Crippen LogP) is 21.2. The van der Waals surface area contributed by atoms with E-state index in [1.54, 1.807) is 0 Å². The number of nitrogens with one attached hydrogen (secondary N) is 1. The van der Waals surface area contributed by atoms with Crippen molar-refractivity contribution in [3.05, 3.63) is 12.2 Å². The fourth-order valence-electron chi connectivity index (χ4n) is 10.7. The monoisotopic (exact) mass is 1030 g/mol. The van der Waals surface area contributed by atoms with E-state index >= 15 is 0 Å². The Morgan fingerprint density at radius 1 is 0.370 bits per heavy atom. The van der Waals surface area contributed by atoms with Crippen LogP contribution in [-0.4, -0.2) is 47.4 Å². The minimum atomic E-state index is -0.659. The zero-order valence-electron chi connectivity index (χ0n) is 49.6. The third-order valence-corrected chi connectivity index (χ3v) is 15.8. The van der Waals surface area contributed by atoms with Gasteiger partial charge >= 0.3 is 5.97 Å². The summed E-state index contributed by atoms with van der Waals surface area (Å²) in [5, 5.41) is 23.2. The van der Waals surface area contributed by atoms with Gasteiger partial charge in [0.05, 0.1) is 25.4 Å². The number of esters is 1. The van der Waals surface area contributed by atoms with Gasteiger partial charge in [-0.3, -0.25) is 9.59 Å². The summed E-state index contributed by atoms with van der Waals surface area (Å²) in [6.07, 6.45) is 76.8. The molecule has 0 aliphatic heterocycles. The first-order chi connectivity index (χ1) is 36.0. The minimum absolute atomic E-state index is 0.0128. The van der Waals surface area contributed by atoms with Gasteiger partial charge in [-0.15, -0.1) is 0 Å². The first kappa shape index (κ1) is 71.6. The fraction of sp³-hybridized carbons (Fsp3) is 0.940. The lowest BCUT2D eigenvalue weighted by molar-refractivity contribution is -0.143. The second-order valence-corrected chi connectivity index (χ2v) is 23.2. The van der Waals surface area contributed by atoms with Crippen LogP contribution in [-0.2, 0) is 14.3 Å². The van der Waals surface area contributed by atoms with Crippen LogP contribution in [0.4, 0.5) is 0 Å². The maximum Gasteiger partial charge on any atom is 0.305 e. The summed E-state index contributed by atoms with van der Waals surface area (Å²) in [4.78, 5) is 24.5. The van der Waals surface area contributed by atoms with Gasteiger partial charge in [0.25, 0.3) is 0 Å². The molecule has 0 aromatic carbocycles. The van der Waals surface area contributed by atoms with Gasteiger partial charge in [0, 0.05) is 12.8 Å². The van der Waals surface area contributed by atoms with E-state index < -0.39 is 12.1 Å². The Balaban J connectivity index is 3.30. The molecule has 434 valence electrons. The largest absolute Gasteiger partial charge is 0.466 e. The van der Waals surface area contributed by atoms with Crippen molar-refractivity contribution in [1.29, 1.82) is 0 Å². The molecule has 73 heavy (non-hydrogen) atoms. The Morgan fingerprint density at radius 3 is 0.973 bits per heavy atom. The smallest absolute Gasteiger partial charge is 0.305 e. The number of unbranched alkanes of at least 4 members (excludes halogenated alkanes) is 50. The van der Waals surface area contributed by atoms with Gasteiger partial charge in [0.1, 0.15) is 0 Å². The summed E-state index contributed by atoms with van der Waals surface area (Å²) < 4.78 is 5.49. The van der Waals surface area contributed by atoms with Crippen molar-refractivity contribution in [2.45, 2.75) is 392 Å². The van der Waals surface area contributed by atoms with Crippen LogP contribution < -0.4 is 5.32 Å². The van der Waals surface area contributed by atoms with Crippen molar-refractivity contribution >= 4 is 11.9 Å². The molecule has 6 heteroatoms. The van der Waals surface area contributed by atoms with Crippen LogP contribution >= 0.6 is 0 Å². The predicted molar refractivity (Wildman–Crippen MR) is 320 cm³/mol. The fourth-order valence-corrected chi connectivity index (χ4v) is 10.7. The van der Waals surface area contributed by atoms with Crippen LogP contribution in [0.25, 0.3) is 0 Å². The first-order valence-corrected chi connectivity index (χ1v) is 33.4. The zero-order chi connectivity index (χ0) is 52.9. The van der Waals surface area contributed by atoms with Crippen LogP contribution in [0.15, 0.2) is 12.2 Å². The van der Waals surface area contributed by atoms with Gasteiger partial charge < -0.3 is 20.3 Å². The van der Waals surface area contributed by atoms with E-state index in [0.717, 1.165) is 44.9 Å². The Labute approximate surface area is 457 Å². The number of hydrogen-bond acceptors (Lipinski definition) is 5. The number of hydrogen-bond donors (Lipinski definition) is 3. The van der Waals surface area contributed by atoms with Crippen LogP contribution in [0, 0.1) is 0 Å². The van der Waals surface area contributed by atoms with Crippen LogP contribution in [0.2, 0.25) is 0 Å². The lowest BCUT2D eigenvalue weighted by Crippen LogP contribution is -2.45. The van der Waals surface area contributed by atoms with Crippen molar-refractivity contribution in [2.75, 3.05) is 13.2 Å². The van der Waals surface area contributed by atoms with E-state index in [0.29, 0.717) is 25.9 Å². The van der Waals surface area contributed by atoms with E-state index in [2.05, 4.69) is 31.3 Å². The lowest BCUT2D eigenvalue weighted by atomic mass is 10.0. The normalized spacial score (nSPS) is 12.5. The highest BCUT2D eigenvalue weighted by atomic mass is 16.5. The third kappa shape index (κ3) is 59.7. The van der Waals surface area contributed by atoms with E-state index in [-0.39, 0.29) is 18.5 Å². The molecule has 2 unspecified atom stereocenters. The number of aliphatic hydroxyl groups excluding tert-OH is 2. The molecule has 0 rings (SSSR count). The Morgan fingerprint density at radius 2 is 0.644 bits per heavy atom. The summed E-state index contributed by atoms with van der Waals surface area (Å²) in [5.74, 6) is -0.0177. The average Bonchev–Trinajstić information content (AvgIpc) is 3.39. The molecular formula is C67H131NO5. The second kappa shape index (κ2) is 63.1. The molecule has 0 heterocycles. The van der Waals surface area contributed by atoms with Crippen molar-refractivity contribution in [3.8, 4) is 0 Å². The molecule has 0 fully saturated rings. The molecule has 0 aliphatic carbocycles. The minimum Gasteiger partial charge on any atom is -0.466 e. The second-order valence-electron chi connectivity index (χ2n) is 23.2. The molecule has 0 aromatic heterocycles. The lowest BCUT2D eigenvalue weighted by Gasteiger charge is -2.22.